The number of hydrogen-bond acceptors (Lipinski definition) is 3. The molecule has 0 unspecified atom stereocenters. The van der Waals surface area contributed by atoms with Gasteiger partial charge >= 0.3 is 5.97 Å². The van der Waals surface area contributed by atoms with E-state index in [4.69, 9.17) is 9.84 Å². The lowest BCUT2D eigenvalue weighted by Gasteiger charge is -2.10. The van der Waals surface area contributed by atoms with E-state index in [1.54, 1.807) is 12.3 Å². The highest BCUT2D eigenvalue weighted by Crippen LogP contribution is 2.22. The van der Waals surface area contributed by atoms with Crippen LogP contribution in [0.2, 0.25) is 0 Å². The zero-order valence-corrected chi connectivity index (χ0v) is 10.8. The lowest BCUT2D eigenvalue weighted by atomic mass is 10.1. The van der Waals surface area contributed by atoms with E-state index < -0.39 is 5.97 Å². The van der Waals surface area contributed by atoms with Crippen LogP contribution in [0.3, 0.4) is 0 Å². The highest BCUT2D eigenvalue weighted by molar-refractivity contribution is 5.85. The molecule has 1 heterocycles. The van der Waals surface area contributed by atoms with Gasteiger partial charge in [-0.05, 0) is 37.6 Å². The fraction of sp³-hybridized carbons (Fsp3) is 0.200. The molecule has 0 amide bonds. The molecule has 0 saturated carbocycles. The van der Waals surface area contributed by atoms with Gasteiger partial charge in [0.05, 0.1) is 6.10 Å². The Labute approximate surface area is 111 Å². The van der Waals surface area contributed by atoms with Crippen molar-refractivity contribution < 1.29 is 14.6 Å². The molecule has 0 saturated heterocycles. The molecule has 0 aliphatic heterocycles. The molecular weight excluding hydrogens is 242 g/mol. The predicted molar refractivity (Wildman–Crippen MR) is 72.4 cm³/mol. The van der Waals surface area contributed by atoms with E-state index in [1.807, 2.05) is 38.1 Å². The van der Waals surface area contributed by atoms with Gasteiger partial charge in [0.25, 0.3) is 0 Å². The molecule has 98 valence electrons. The first kappa shape index (κ1) is 13.1. The molecule has 0 spiro atoms. The Kier molecular flexibility index (Phi) is 3.80. The Morgan fingerprint density at radius 2 is 1.74 bits per heavy atom. The Hall–Kier alpha value is -2.36. The summed E-state index contributed by atoms with van der Waals surface area (Å²) in [5, 5.41) is 8.79. The highest BCUT2D eigenvalue weighted by Gasteiger charge is 2.05. The summed E-state index contributed by atoms with van der Waals surface area (Å²) in [5.41, 5.74) is 1.89. The average Bonchev–Trinajstić information content (AvgIpc) is 2.39. The number of nitrogens with zero attached hydrogens (tertiary/aromatic N) is 1. The third-order valence-electron chi connectivity index (χ3n) is 2.54. The van der Waals surface area contributed by atoms with E-state index in [0.29, 0.717) is 0 Å². The van der Waals surface area contributed by atoms with E-state index in [1.165, 1.54) is 6.07 Å². The van der Waals surface area contributed by atoms with Gasteiger partial charge in [-0.15, -0.1) is 0 Å². The number of pyridine rings is 1. The number of hydrogen-bond donors (Lipinski definition) is 1. The summed E-state index contributed by atoms with van der Waals surface area (Å²) in [6.07, 6.45) is 1.70. The molecule has 2 aromatic rings. The molecule has 0 radical (unpaired) electrons. The average molecular weight is 257 g/mol. The van der Waals surface area contributed by atoms with Crippen molar-refractivity contribution in [2.24, 2.45) is 0 Å². The van der Waals surface area contributed by atoms with Crippen LogP contribution in [-0.4, -0.2) is 22.2 Å². The summed E-state index contributed by atoms with van der Waals surface area (Å²) >= 11 is 0. The summed E-state index contributed by atoms with van der Waals surface area (Å²) < 4.78 is 5.56. The van der Waals surface area contributed by atoms with Gasteiger partial charge in [-0.25, -0.2) is 9.78 Å². The van der Waals surface area contributed by atoms with Gasteiger partial charge in [0.2, 0.25) is 0 Å². The third kappa shape index (κ3) is 3.31. The third-order valence-corrected chi connectivity index (χ3v) is 2.54. The smallest absolute Gasteiger partial charge is 0.354 e. The van der Waals surface area contributed by atoms with Crippen LogP contribution >= 0.6 is 0 Å². The highest BCUT2D eigenvalue weighted by atomic mass is 16.5. The lowest BCUT2D eigenvalue weighted by Crippen LogP contribution is -2.05. The van der Waals surface area contributed by atoms with Crippen molar-refractivity contribution in [1.29, 1.82) is 0 Å². The Balaban J connectivity index is 2.19. The molecule has 1 aromatic heterocycles. The van der Waals surface area contributed by atoms with Crippen molar-refractivity contribution in [3.63, 3.8) is 0 Å². The second kappa shape index (κ2) is 5.52. The largest absolute Gasteiger partial charge is 0.491 e. The molecule has 0 bridgehead atoms. The molecule has 2 rings (SSSR count). The van der Waals surface area contributed by atoms with Crippen molar-refractivity contribution in [3.8, 4) is 16.9 Å². The monoisotopic (exact) mass is 257 g/mol. The number of carbonyl (C=O) groups is 1. The van der Waals surface area contributed by atoms with Crippen molar-refractivity contribution in [2.45, 2.75) is 20.0 Å². The number of carboxylic acids is 1. The van der Waals surface area contributed by atoms with Gasteiger partial charge in [-0.2, -0.15) is 0 Å². The van der Waals surface area contributed by atoms with E-state index in [2.05, 4.69) is 4.98 Å². The van der Waals surface area contributed by atoms with Crippen molar-refractivity contribution >= 4 is 5.97 Å². The maximum absolute atomic E-state index is 10.7. The normalized spacial score (nSPS) is 10.5. The minimum Gasteiger partial charge on any atom is -0.491 e. The summed E-state index contributed by atoms with van der Waals surface area (Å²) in [6, 6.07) is 10.9. The maximum atomic E-state index is 10.7. The number of carboxylic acid groups (broad SMARTS) is 1. The molecule has 1 N–H and O–H groups in total. The standard InChI is InChI=1S/C15H15NO3/c1-10(2)19-13-6-3-11(4-7-13)12-5-8-14(15(17)18)16-9-12/h3-10H,1-2H3,(H,17,18). The summed E-state index contributed by atoms with van der Waals surface area (Å²) in [4.78, 5) is 14.6. The fourth-order valence-corrected chi connectivity index (χ4v) is 1.69. The topological polar surface area (TPSA) is 59.4 Å². The van der Waals surface area contributed by atoms with Gasteiger partial charge < -0.3 is 9.84 Å². The van der Waals surface area contributed by atoms with Crippen molar-refractivity contribution in [1.82, 2.24) is 4.98 Å². The minimum atomic E-state index is -1.02. The van der Waals surface area contributed by atoms with E-state index in [9.17, 15) is 4.79 Å². The SMILES string of the molecule is CC(C)Oc1ccc(-c2ccc(C(=O)O)nc2)cc1. The zero-order chi connectivity index (χ0) is 13.8. The quantitative estimate of drug-likeness (QED) is 0.913. The molecule has 19 heavy (non-hydrogen) atoms. The van der Waals surface area contributed by atoms with Crippen molar-refractivity contribution in [3.05, 3.63) is 48.3 Å². The zero-order valence-electron chi connectivity index (χ0n) is 10.8. The maximum Gasteiger partial charge on any atom is 0.354 e. The molecule has 4 heteroatoms. The summed E-state index contributed by atoms with van der Waals surface area (Å²) in [6.45, 7) is 3.95. The van der Waals surface area contributed by atoms with Crippen LogP contribution in [0, 0.1) is 0 Å². The molecular formula is C15H15NO3. The summed E-state index contributed by atoms with van der Waals surface area (Å²) in [7, 11) is 0. The number of aromatic nitrogens is 1. The predicted octanol–water partition coefficient (Wildman–Crippen LogP) is 3.23. The first-order valence-corrected chi connectivity index (χ1v) is 6.02. The second-order valence-corrected chi connectivity index (χ2v) is 4.43. The first-order chi connectivity index (χ1) is 9.06. The number of aromatic carboxylic acids is 1. The molecule has 4 nitrogen and oxygen atoms in total. The fourth-order valence-electron chi connectivity index (χ4n) is 1.69. The Morgan fingerprint density at radius 1 is 1.11 bits per heavy atom. The first-order valence-electron chi connectivity index (χ1n) is 6.02. The van der Waals surface area contributed by atoms with Crippen LogP contribution in [0.15, 0.2) is 42.6 Å². The van der Waals surface area contributed by atoms with Gasteiger partial charge in [0.15, 0.2) is 0 Å². The Bertz CT molecular complexity index is 559. The van der Waals surface area contributed by atoms with E-state index in [-0.39, 0.29) is 11.8 Å². The summed E-state index contributed by atoms with van der Waals surface area (Å²) in [5.74, 6) is -0.207. The minimum absolute atomic E-state index is 0.0449. The molecule has 0 fully saturated rings. The molecule has 1 aromatic carbocycles. The molecule has 0 aliphatic rings. The van der Waals surface area contributed by atoms with Gasteiger partial charge in [0.1, 0.15) is 11.4 Å². The van der Waals surface area contributed by atoms with E-state index >= 15 is 0 Å². The van der Waals surface area contributed by atoms with Gasteiger partial charge in [0, 0.05) is 11.8 Å². The number of ether oxygens (including phenoxy) is 1. The Morgan fingerprint density at radius 3 is 2.21 bits per heavy atom. The van der Waals surface area contributed by atoms with Crippen LogP contribution < -0.4 is 4.74 Å². The van der Waals surface area contributed by atoms with Crippen LogP contribution in [0.5, 0.6) is 5.75 Å². The van der Waals surface area contributed by atoms with Crippen LogP contribution in [0.4, 0.5) is 0 Å². The van der Waals surface area contributed by atoms with E-state index in [0.717, 1.165) is 16.9 Å². The van der Waals surface area contributed by atoms with Gasteiger partial charge in [-0.3, -0.25) is 0 Å². The molecule has 0 atom stereocenters. The lowest BCUT2D eigenvalue weighted by molar-refractivity contribution is 0.0690. The van der Waals surface area contributed by atoms with Gasteiger partial charge in [-0.1, -0.05) is 18.2 Å². The van der Waals surface area contributed by atoms with Crippen LogP contribution in [0.25, 0.3) is 11.1 Å². The second-order valence-electron chi connectivity index (χ2n) is 4.43. The molecule has 0 aliphatic carbocycles. The van der Waals surface area contributed by atoms with Crippen LogP contribution in [-0.2, 0) is 0 Å². The van der Waals surface area contributed by atoms with Crippen LogP contribution in [0.1, 0.15) is 24.3 Å². The number of benzene rings is 1. The van der Waals surface area contributed by atoms with Crippen molar-refractivity contribution in [2.75, 3.05) is 0 Å². The number of rotatable bonds is 4.